The van der Waals surface area contributed by atoms with Crippen LogP contribution >= 0.6 is 0 Å². The number of Topliss-reactive ketones (excluding diaryl/α,β-unsaturated/α-hetero) is 2. The van der Waals surface area contributed by atoms with Crippen molar-refractivity contribution in [3.63, 3.8) is 0 Å². The third-order valence-electron chi connectivity index (χ3n) is 4.06. The molecule has 0 amide bonds. The lowest BCUT2D eigenvalue weighted by Crippen LogP contribution is -2.04. The van der Waals surface area contributed by atoms with Crippen molar-refractivity contribution >= 4 is 17.5 Å². The smallest absolute Gasteiger partial charge is 0.305 e. The lowest BCUT2D eigenvalue weighted by molar-refractivity contribution is -0.140. The maximum Gasteiger partial charge on any atom is 0.305 e. The first-order chi connectivity index (χ1) is 11.1. The summed E-state index contributed by atoms with van der Waals surface area (Å²) in [6, 6.07) is 0. The van der Waals surface area contributed by atoms with Crippen LogP contribution in [0.15, 0.2) is 0 Å². The number of carbonyl (C=O) groups excluding carboxylic acids is 3. The van der Waals surface area contributed by atoms with Crippen molar-refractivity contribution in [2.24, 2.45) is 0 Å². The summed E-state index contributed by atoms with van der Waals surface area (Å²) in [5.41, 5.74) is 0. The molecule has 0 aliphatic rings. The Bertz CT molecular complexity index is 336. The number of unbranched alkanes of at least 4 members (excludes halogenated alkanes) is 7. The Labute approximate surface area is 141 Å². The van der Waals surface area contributed by atoms with Crippen LogP contribution in [0.4, 0.5) is 0 Å². The first-order valence-electron chi connectivity index (χ1n) is 9.20. The largest absolute Gasteiger partial charge is 0.469 e. The van der Waals surface area contributed by atoms with E-state index in [1.54, 1.807) is 0 Å². The predicted octanol–water partition coefficient (Wildman–Crippen LogP) is 4.78. The average molecular weight is 326 g/mol. The molecule has 0 aliphatic carbocycles. The topological polar surface area (TPSA) is 60.4 Å². The quantitative estimate of drug-likeness (QED) is 0.302. The molecule has 0 aromatic carbocycles. The van der Waals surface area contributed by atoms with E-state index in [0.717, 1.165) is 44.9 Å². The summed E-state index contributed by atoms with van der Waals surface area (Å²) in [5.74, 6) is 0.290. The number of esters is 1. The Hall–Kier alpha value is -1.19. The number of carbonyl (C=O) groups is 3. The molecule has 0 aliphatic heterocycles. The first-order valence-corrected chi connectivity index (χ1v) is 9.20. The van der Waals surface area contributed by atoms with Gasteiger partial charge in [-0.3, -0.25) is 14.4 Å². The highest BCUT2D eigenvalue weighted by molar-refractivity contribution is 5.85. The van der Waals surface area contributed by atoms with Gasteiger partial charge in [0.25, 0.3) is 0 Å². The van der Waals surface area contributed by atoms with Gasteiger partial charge in [0.2, 0.25) is 0 Å². The van der Waals surface area contributed by atoms with Gasteiger partial charge < -0.3 is 4.74 Å². The van der Waals surface area contributed by atoms with E-state index in [0.29, 0.717) is 32.1 Å². The molecule has 0 aromatic heterocycles. The number of rotatable bonds is 16. The molecule has 0 heterocycles. The fraction of sp³-hybridized carbons (Fsp3) is 0.842. The van der Waals surface area contributed by atoms with Gasteiger partial charge >= 0.3 is 5.97 Å². The van der Waals surface area contributed by atoms with Gasteiger partial charge in [0.15, 0.2) is 0 Å². The first kappa shape index (κ1) is 21.8. The second-order valence-corrected chi connectivity index (χ2v) is 6.23. The van der Waals surface area contributed by atoms with Crippen molar-refractivity contribution < 1.29 is 19.1 Å². The molecule has 4 nitrogen and oxygen atoms in total. The average Bonchev–Trinajstić information content (AvgIpc) is 2.55. The van der Waals surface area contributed by atoms with Gasteiger partial charge in [0.05, 0.1) is 7.11 Å². The SMILES string of the molecule is CCCCCCC(=O)CCC(=O)CCCCCCCC(=O)OC. The van der Waals surface area contributed by atoms with Crippen molar-refractivity contribution in [1.82, 2.24) is 0 Å². The van der Waals surface area contributed by atoms with Crippen LogP contribution in [0.2, 0.25) is 0 Å². The van der Waals surface area contributed by atoms with Gasteiger partial charge in [-0.15, -0.1) is 0 Å². The van der Waals surface area contributed by atoms with Crippen LogP contribution in [0.25, 0.3) is 0 Å². The summed E-state index contributed by atoms with van der Waals surface area (Å²) < 4.78 is 4.58. The normalized spacial score (nSPS) is 10.5. The number of hydrogen-bond donors (Lipinski definition) is 0. The lowest BCUT2D eigenvalue weighted by atomic mass is 10.0. The van der Waals surface area contributed by atoms with E-state index in [2.05, 4.69) is 11.7 Å². The molecule has 0 radical (unpaired) electrons. The highest BCUT2D eigenvalue weighted by atomic mass is 16.5. The standard InChI is InChI=1S/C19H34O4/c1-3-4-5-9-12-17(20)15-16-18(21)13-10-7-6-8-11-14-19(22)23-2/h3-16H2,1-2H3. The van der Waals surface area contributed by atoms with Crippen LogP contribution < -0.4 is 0 Å². The second-order valence-electron chi connectivity index (χ2n) is 6.23. The molecule has 0 aromatic rings. The Morgan fingerprint density at radius 1 is 0.609 bits per heavy atom. The van der Waals surface area contributed by atoms with Crippen LogP contribution in [0.3, 0.4) is 0 Å². The fourth-order valence-corrected chi connectivity index (χ4v) is 2.50. The van der Waals surface area contributed by atoms with Crippen molar-refractivity contribution in [2.75, 3.05) is 7.11 Å². The minimum atomic E-state index is -0.153. The van der Waals surface area contributed by atoms with Gasteiger partial charge in [0.1, 0.15) is 11.6 Å². The number of hydrogen-bond acceptors (Lipinski definition) is 4. The molecule has 4 heteroatoms. The van der Waals surface area contributed by atoms with E-state index in [1.807, 2.05) is 0 Å². The fourth-order valence-electron chi connectivity index (χ4n) is 2.50. The highest BCUT2D eigenvalue weighted by Gasteiger charge is 2.07. The number of methoxy groups -OCH3 is 1. The van der Waals surface area contributed by atoms with Gasteiger partial charge in [-0.1, -0.05) is 45.4 Å². The maximum absolute atomic E-state index is 11.7. The molecule has 0 fully saturated rings. The second kappa shape index (κ2) is 15.7. The molecule has 0 unspecified atom stereocenters. The van der Waals surface area contributed by atoms with Crippen LogP contribution in [0.5, 0.6) is 0 Å². The maximum atomic E-state index is 11.7. The molecular weight excluding hydrogens is 292 g/mol. The molecule has 0 bridgehead atoms. The van der Waals surface area contributed by atoms with E-state index in [4.69, 9.17) is 0 Å². The molecule has 134 valence electrons. The predicted molar refractivity (Wildman–Crippen MR) is 92.3 cm³/mol. The summed E-state index contributed by atoms with van der Waals surface area (Å²) in [6.45, 7) is 2.15. The Morgan fingerprint density at radius 3 is 1.52 bits per heavy atom. The Morgan fingerprint density at radius 2 is 1.04 bits per heavy atom. The Balaban J connectivity index is 3.39. The molecule has 23 heavy (non-hydrogen) atoms. The minimum absolute atomic E-state index is 0.153. The van der Waals surface area contributed by atoms with Crippen molar-refractivity contribution in [3.8, 4) is 0 Å². The molecule has 0 saturated heterocycles. The zero-order valence-corrected chi connectivity index (χ0v) is 15.0. The van der Waals surface area contributed by atoms with E-state index < -0.39 is 0 Å². The molecule has 0 saturated carbocycles. The van der Waals surface area contributed by atoms with Crippen LogP contribution in [0, 0.1) is 0 Å². The van der Waals surface area contributed by atoms with Crippen molar-refractivity contribution in [2.45, 2.75) is 96.8 Å². The summed E-state index contributed by atoms with van der Waals surface area (Å²) in [7, 11) is 1.41. The minimum Gasteiger partial charge on any atom is -0.469 e. The molecule has 0 N–H and O–H groups in total. The highest BCUT2D eigenvalue weighted by Crippen LogP contribution is 2.10. The van der Waals surface area contributed by atoms with Crippen molar-refractivity contribution in [1.29, 1.82) is 0 Å². The van der Waals surface area contributed by atoms with E-state index in [-0.39, 0.29) is 17.5 Å². The van der Waals surface area contributed by atoms with E-state index >= 15 is 0 Å². The summed E-state index contributed by atoms with van der Waals surface area (Å²) >= 11 is 0. The number of ether oxygens (including phenoxy) is 1. The zero-order chi connectivity index (χ0) is 17.3. The molecular formula is C19H34O4. The Kier molecular flexibility index (Phi) is 14.9. The lowest BCUT2D eigenvalue weighted by Gasteiger charge is -2.03. The van der Waals surface area contributed by atoms with Crippen LogP contribution in [-0.2, 0) is 19.1 Å². The zero-order valence-electron chi connectivity index (χ0n) is 15.0. The van der Waals surface area contributed by atoms with Gasteiger partial charge in [-0.05, 0) is 19.3 Å². The summed E-state index contributed by atoms with van der Waals surface area (Å²) in [4.78, 5) is 34.3. The van der Waals surface area contributed by atoms with Gasteiger partial charge in [0, 0.05) is 32.1 Å². The monoisotopic (exact) mass is 326 g/mol. The van der Waals surface area contributed by atoms with Crippen LogP contribution in [0.1, 0.15) is 96.8 Å². The summed E-state index contributed by atoms with van der Waals surface area (Å²) in [5, 5.41) is 0. The number of ketones is 2. The molecule has 0 rings (SSSR count). The third kappa shape index (κ3) is 15.5. The molecule has 0 spiro atoms. The van der Waals surface area contributed by atoms with Crippen molar-refractivity contribution in [3.05, 3.63) is 0 Å². The molecule has 0 atom stereocenters. The van der Waals surface area contributed by atoms with Gasteiger partial charge in [-0.2, -0.15) is 0 Å². The summed E-state index contributed by atoms with van der Waals surface area (Å²) in [6.07, 6.45) is 11.8. The van der Waals surface area contributed by atoms with E-state index in [9.17, 15) is 14.4 Å². The third-order valence-corrected chi connectivity index (χ3v) is 4.06. The van der Waals surface area contributed by atoms with E-state index in [1.165, 1.54) is 20.0 Å². The van der Waals surface area contributed by atoms with Crippen LogP contribution in [-0.4, -0.2) is 24.6 Å². The van der Waals surface area contributed by atoms with Gasteiger partial charge in [-0.25, -0.2) is 0 Å².